The highest BCUT2D eigenvalue weighted by Gasteiger charge is 2.40. The first-order valence-electron chi connectivity index (χ1n) is 8.70. The highest BCUT2D eigenvalue weighted by atomic mass is 16.7. The molecule has 0 aromatic heterocycles. The lowest BCUT2D eigenvalue weighted by Gasteiger charge is -2.37. The van der Waals surface area contributed by atoms with Gasteiger partial charge in [0.05, 0.1) is 19.3 Å². The summed E-state index contributed by atoms with van der Waals surface area (Å²) in [5.41, 5.74) is 1.07. The van der Waals surface area contributed by atoms with E-state index in [-0.39, 0.29) is 12.1 Å². The number of carbonyl (C=O) groups excluding carboxylic acids is 1. The minimum absolute atomic E-state index is 0.0523. The summed E-state index contributed by atoms with van der Waals surface area (Å²) < 4.78 is 17.2. The quantitative estimate of drug-likeness (QED) is 0.898. The first kappa shape index (κ1) is 17.2. The molecule has 2 amide bonds. The van der Waals surface area contributed by atoms with E-state index in [2.05, 4.69) is 5.32 Å². The van der Waals surface area contributed by atoms with Gasteiger partial charge in [0.1, 0.15) is 0 Å². The van der Waals surface area contributed by atoms with Crippen LogP contribution in [0.15, 0.2) is 30.3 Å². The van der Waals surface area contributed by atoms with E-state index in [0.717, 1.165) is 18.4 Å². The van der Waals surface area contributed by atoms with Crippen molar-refractivity contribution in [3.05, 3.63) is 35.9 Å². The van der Waals surface area contributed by atoms with Gasteiger partial charge in [-0.05, 0) is 12.5 Å². The second kappa shape index (κ2) is 7.96. The molecule has 2 aliphatic rings. The van der Waals surface area contributed by atoms with Gasteiger partial charge in [-0.1, -0.05) is 30.3 Å². The molecular formula is C18H26N2O4. The molecule has 6 heteroatoms. The number of benzene rings is 1. The molecule has 1 spiro atoms. The zero-order valence-electron chi connectivity index (χ0n) is 14.2. The summed E-state index contributed by atoms with van der Waals surface area (Å²) >= 11 is 0. The number of nitrogens with zero attached hydrogens (tertiary/aromatic N) is 1. The standard InChI is InChI=1S/C18H26N2O4/c1-2-22-16(15-6-4-3-5-7-15)14-19-17(21)20-10-8-18(9-11-20)23-12-13-24-18/h3-7,16H,2,8-14H2,1H3,(H,19,21)/t16-/m0/s1. The average molecular weight is 334 g/mol. The first-order valence-corrected chi connectivity index (χ1v) is 8.70. The van der Waals surface area contributed by atoms with Crippen LogP contribution >= 0.6 is 0 Å². The third kappa shape index (κ3) is 4.06. The average Bonchev–Trinajstić information content (AvgIpc) is 3.08. The van der Waals surface area contributed by atoms with Crippen LogP contribution < -0.4 is 5.32 Å². The number of rotatable bonds is 5. The predicted octanol–water partition coefficient (Wildman–Crippen LogP) is 2.31. The third-order valence-corrected chi connectivity index (χ3v) is 4.60. The fraction of sp³-hybridized carbons (Fsp3) is 0.611. The van der Waals surface area contributed by atoms with E-state index < -0.39 is 5.79 Å². The number of hydrogen-bond donors (Lipinski definition) is 1. The number of amides is 2. The molecule has 0 bridgehead atoms. The molecule has 6 nitrogen and oxygen atoms in total. The summed E-state index contributed by atoms with van der Waals surface area (Å²) in [5, 5.41) is 3.00. The van der Waals surface area contributed by atoms with Gasteiger partial charge in [-0.3, -0.25) is 0 Å². The Hall–Kier alpha value is -1.63. The van der Waals surface area contributed by atoms with Crippen molar-refractivity contribution in [2.75, 3.05) is 39.5 Å². The van der Waals surface area contributed by atoms with Gasteiger partial charge in [-0.2, -0.15) is 0 Å². The van der Waals surface area contributed by atoms with E-state index in [1.54, 1.807) is 0 Å². The van der Waals surface area contributed by atoms with E-state index in [1.807, 2.05) is 42.2 Å². The Morgan fingerprint density at radius 1 is 1.25 bits per heavy atom. The minimum atomic E-state index is -0.450. The normalized spacial score (nSPS) is 21.0. The summed E-state index contributed by atoms with van der Waals surface area (Å²) in [6, 6.07) is 9.92. The fourth-order valence-electron chi connectivity index (χ4n) is 3.27. The van der Waals surface area contributed by atoms with Crippen LogP contribution in [-0.2, 0) is 14.2 Å². The molecule has 0 unspecified atom stereocenters. The molecule has 1 atom stereocenters. The highest BCUT2D eigenvalue weighted by molar-refractivity contribution is 5.74. The van der Waals surface area contributed by atoms with E-state index in [1.165, 1.54) is 0 Å². The Bertz CT molecular complexity index is 521. The molecule has 2 saturated heterocycles. The Morgan fingerprint density at radius 3 is 2.54 bits per heavy atom. The number of carbonyl (C=O) groups is 1. The molecule has 2 fully saturated rings. The third-order valence-electron chi connectivity index (χ3n) is 4.60. The summed E-state index contributed by atoms with van der Waals surface area (Å²) in [6.45, 7) is 5.64. The Labute approximate surface area is 143 Å². The molecular weight excluding hydrogens is 308 g/mol. The van der Waals surface area contributed by atoms with Crippen molar-refractivity contribution in [2.24, 2.45) is 0 Å². The van der Waals surface area contributed by atoms with Crippen LogP contribution in [0.5, 0.6) is 0 Å². The maximum absolute atomic E-state index is 12.4. The molecule has 2 heterocycles. The fourth-order valence-corrected chi connectivity index (χ4v) is 3.27. The monoisotopic (exact) mass is 334 g/mol. The number of ether oxygens (including phenoxy) is 3. The lowest BCUT2D eigenvalue weighted by Crippen LogP contribution is -2.50. The molecule has 0 aliphatic carbocycles. The summed E-state index contributed by atoms with van der Waals surface area (Å²) in [5.74, 6) is -0.450. The minimum Gasteiger partial charge on any atom is -0.372 e. The van der Waals surface area contributed by atoms with Crippen molar-refractivity contribution in [1.29, 1.82) is 0 Å². The summed E-state index contributed by atoms with van der Waals surface area (Å²) in [7, 11) is 0. The molecule has 0 saturated carbocycles. The van der Waals surface area contributed by atoms with Crippen molar-refractivity contribution in [1.82, 2.24) is 10.2 Å². The molecule has 1 N–H and O–H groups in total. The number of urea groups is 1. The maximum Gasteiger partial charge on any atom is 0.317 e. The zero-order valence-corrected chi connectivity index (χ0v) is 14.2. The SMILES string of the molecule is CCO[C@@H](CNC(=O)N1CCC2(CC1)OCCO2)c1ccccc1. The number of likely N-dealkylation sites (tertiary alicyclic amines) is 1. The molecule has 132 valence electrons. The number of piperidine rings is 1. The highest BCUT2D eigenvalue weighted by Crippen LogP contribution is 2.31. The van der Waals surface area contributed by atoms with Crippen molar-refractivity contribution in [2.45, 2.75) is 31.7 Å². The van der Waals surface area contributed by atoms with Gasteiger partial charge in [-0.25, -0.2) is 4.79 Å². The van der Waals surface area contributed by atoms with Gasteiger partial charge in [0.2, 0.25) is 0 Å². The van der Waals surface area contributed by atoms with Crippen LogP contribution in [0.2, 0.25) is 0 Å². The van der Waals surface area contributed by atoms with E-state index >= 15 is 0 Å². The topological polar surface area (TPSA) is 60.0 Å². The van der Waals surface area contributed by atoms with Crippen molar-refractivity contribution >= 4 is 6.03 Å². The zero-order chi connectivity index (χ0) is 16.8. The van der Waals surface area contributed by atoms with Crippen LogP contribution in [0.3, 0.4) is 0 Å². The van der Waals surface area contributed by atoms with Gasteiger partial charge in [0.15, 0.2) is 5.79 Å². The van der Waals surface area contributed by atoms with Crippen LogP contribution in [0.25, 0.3) is 0 Å². The second-order valence-corrected chi connectivity index (χ2v) is 6.14. The van der Waals surface area contributed by atoms with Crippen molar-refractivity contribution < 1.29 is 19.0 Å². The lowest BCUT2D eigenvalue weighted by atomic mass is 10.0. The van der Waals surface area contributed by atoms with Crippen molar-refractivity contribution in [3.8, 4) is 0 Å². The molecule has 1 aromatic carbocycles. The van der Waals surface area contributed by atoms with Crippen LogP contribution in [-0.4, -0.2) is 56.2 Å². The molecule has 3 rings (SSSR count). The van der Waals surface area contributed by atoms with Crippen molar-refractivity contribution in [3.63, 3.8) is 0 Å². The summed E-state index contributed by atoms with van der Waals surface area (Å²) in [4.78, 5) is 14.2. The van der Waals surface area contributed by atoms with Gasteiger partial charge < -0.3 is 24.4 Å². The largest absolute Gasteiger partial charge is 0.372 e. The van der Waals surface area contributed by atoms with E-state index in [0.29, 0.717) is 39.5 Å². The van der Waals surface area contributed by atoms with Crippen LogP contribution in [0, 0.1) is 0 Å². The number of nitrogens with one attached hydrogen (secondary N) is 1. The van der Waals surface area contributed by atoms with E-state index in [9.17, 15) is 4.79 Å². The predicted molar refractivity (Wildman–Crippen MR) is 89.6 cm³/mol. The first-order chi connectivity index (χ1) is 11.7. The van der Waals surface area contributed by atoms with Crippen LogP contribution in [0.1, 0.15) is 31.4 Å². The molecule has 2 aliphatic heterocycles. The molecule has 0 radical (unpaired) electrons. The number of hydrogen-bond acceptors (Lipinski definition) is 4. The maximum atomic E-state index is 12.4. The Balaban J connectivity index is 1.49. The smallest absolute Gasteiger partial charge is 0.317 e. The van der Waals surface area contributed by atoms with Crippen LogP contribution in [0.4, 0.5) is 4.79 Å². The summed E-state index contributed by atoms with van der Waals surface area (Å²) in [6.07, 6.45) is 1.33. The molecule has 24 heavy (non-hydrogen) atoms. The van der Waals surface area contributed by atoms with Gasteiger partial charge >= 0.3 is 6.03 Å². The van der Waals surface area contributed by atoms with Gasteiger partial charge in [-0.15, -0.1) is 0 Å². The lowest BCUT2D eigenvalue weighted by molar-refractivity contribution is -0.181. The van der Waals surface area contributed by atoms with Gasteiger partial charge in [0, 0.05) is 39.1 Å². The Morgan fingerprint density at radius 2 is 1.92 bits per heavy atom. The van der Waals surface area contributed by atoms with E-state index in [4.69, 9.17) is 14.2 Å². The molecule has 1 aromatic rings. The second-order valence-electron chi connectivity index (χ2n) is 6.14. The van der Waals surface area contributed by atoms with Gasteiger partial charge in [0.25, 0.3) is 0 Å². The Kier molecular flexibility index (Phi) is 5.71.